The van der Waals surface area contributed by atoms with Crippen LogP contribution in [0.3, 0.4) is 0 Å². The number of rotatable bonds is 4. The molecule has 0 saturated carbocycles. The number of aryl methyl sites for hydroxylation is 1. The van der Waals surface area contributed by atoms with Gasteiger partial charge in [0, 0.05) is 17.3 Å². The smallest absolute Gasteiger partial charge is 0.410 e. The molecule has 1 fully saturated rings. The molecule has 1 aliphatic rings. The van der Waals surface area contributed by atoms with Crippen LogP contribution in [0.2, 0.25) is 5.02 Å². The van der Waals surface area contributed by atoms with Gasteiger partial charge in [0.2, 0.25) is 0 Å². The lowest BCUT2D eigenvalue weighted by atomic mass is 9.97. The maximum absolute atomic E-state index is 15.3. The molecule has 0 aliphatic carbocycles. The van der Waals surface area contributed by atoms with E-state index in [9.17, 15) is 9.59 Å². The molecule has 0 bridgehead atoms. The van der Waals surface area contributed by atoms with Crippen molar-refractivity contribution in [1.29, 1.82) is 0 Å². The third-order valence-electron chi connectivity index (χ3n) is 5.48. The minimum absolute atomic E-state index is 0.00329. The van der Waals surface area contributed by atoms with E-state index in [1.807, 2.05) is 36.4 Å². The number of benzene rings is 1. The summed E-state index contributed by atoms with van der Waals surface area (Å²) in [7, 11) is 0. The highest BCUT2D eigenvalue weighted by molar-refractivity contribution is 6.34. The largest absolute Gasteiger partial charge is 0.444 e. The minimum Gasteiger partial charge on any atom is -0.444 e. The van der Waals surface area contributed by atoms with Gasteiger partial charge in [0.05, 0.1) is 30.9 Å². The van der Waals surface area contributed by atoms with Gasteiger partial charge in [0.1, 0.15) is 17.1 Å². The van der Waals surface area contributed by atoms with Crippen LogP contribution in [-0.2, 0) is 11.3 Å². The minimum atomic E-state index is -1.77. The van der Waals surface area contributed by atoms with Crippen molar-refractivity contribution in [1.82, 2.24) is 19.7 Å². The molecule has 10 heteroatoms. The molecule has 0 radical (unpaired) electrons. The highest BCUT2D eigenvalue weighted by atomic mass is 35.5. The van der Waals surface area contributed by atoms with Gasteiger partial charge in [-0.2, -0.15) is 5.10 Å². The van der Waals surface area contributed by atoms with Crippen LogP contribution in [0.5, 0.6) is 0 Å². The maximum Gasteiger partial charge on any atom is 0.410 e. The number of aromatic nitrogens is 3. The predicted molar refractivity (Wildman–Crippen MR) is 138 cm³/mol. The first-order chi connectivity index (χ1) is 17.4. The van der Waals surface area contributed by atoms with Gasteiger partial charge in [-0.25, -0.2) is 14.2 Å². The molecule has 3 heterocycles. The molecule has 1 N–H and O–H groups in total. The Labute approximate surface area is 219 Å². The van der Waals surface area contributed by atoms with Crippen LogP contribution in [0.4, 0.5) is 15.0 Å². The summed E-state index contributed by atoms with van der Waals surface area (Å²) in [6.45, 7) is 6.43. The lowest BCUT2D eigenvalue weighted by Gasteiger charge is -2.44. The van der Waals surface area contributed by atoms with E-state index in [0.29, 0.717) is 16.9 Å². The van der Waals surface area contributed by atoms with E-state index in [4.69, 9.17) is 16.3 Å². The number of likely N-dealkylation sites (tertiary alicyclic amines) is 1. The highest BCUT2D eigenvalue weighted by Gasteiger charge is 2.48. The predicted octanol–water partition coefficient (Wildman–Crippen LogP) is 4.85. The molecule has 192 valence electrons. The number of ether oxygens (including phenoxy) is 1. The first-order valence-corrected chi connectivity index (χ1v) is 12.0. The number of amides is 2. The summed E-state index contributed by atoms with van der Waals surface area (Å²) in [6.07, 6.45) is 2.26. The molecule has 0 unspecified atom stereocenters. The Morgan fingerprint density at radius 1 is 1.16 bits per heavy atom. The normalized spacial score (nSPS) is 14.3. The van der Waals surface area contributed by atoms with Gasteiger partial charge in [0.25, 0.3) is 5.91 Å². The standard InChI is InChI=1S/C27H27ClFN5O3/c1-18-12-20(11-10-19-8-6-5-7-9-19)13-30-23(18)32-24(35)22-21(28)14-31-34(22)17-27(29)15-33(16-27)25(36)37-26(2,3)4/h5-9,12-14H,15-17H2,1-4H3,(H,30,32,35). The van der Waals surface area contributed by atoms with Crippen molar-refractivity contribution in [3.05, 3.63) is 76.2 Å². The van der Waals surface area contributed by atoms with E-state index in [-0.39, 0.29) is 30.4 Å². The fourth-order valence-corrected chi connectivity index (χ4v) is 4.00. The van der Waals surface area contributed by atoms with Crippen molar-refractivity contribution in [3.63, 3.8) is 0 Å². The Morgan fingerprint density at radius 3 is 2.49 bits per heavy atom. The van der Waals surface area contributed by atoms with Gasteiger partial charge in [-0.05, 0) is 51.5 Å². The average Bonchev–Trinajstić information content (AvgIpc) is 3.16. The third kappa shape index (κ3) is 6.46. The lowest BCUT2D eigenvalue weighted by molar-refractivity contribution is -0.0594. The van der Waals surface area contributed by atoms with Gasteiger partial charge in [-0.1, -0.05) is 41.6 Å². The monoisotopic (exact) mass is 523 g/mol. The number of pyridine rings is 1. The molecule has 4 rings (SSSR count). The summed E-state index contributed by atoms with van der Waals surface area (Å²) in [6, 6.07) is 11.4. The van der Waals surface area contributed by atoms with E-state index >= 15 is 4.39 Å². The Bertz CT molecular complexity index is 1380. The van der Waals surface area contributed by atoms with Crippen LogP contribution in [0.15, 0.2) is 48.8 Å². The number of nitrogens with zero attached hydrogens (tertiary/aromatic N) is 4. The van der Waals surface area contributed by atoms with Gasteiger partial charge < -0.3 is 15.0 Å². The van der Waals surface area contributed by atoms with Gasteiger partial charge >= 0.3 is 6.09 Å². The Hall–Kier alpha value is -3.90. The molecule has 1 aliphatic heterocycles. The van der Waals surface area contributed by atoms with Crippen molar-refractivity contribution >= 4 is 29.4 Å². The number of anilines is 1. The van der Waals surface area contributed by atoms with E-state index in [1.54, 1.807) is 33.9 Å². The number of hydrogen-bond donors (Lipinski definition) is 1. The van der Waals surface area contributed by atoms with Gasteiger partial charge in [-0.15, -0.1) is 0 Å². The second-order valence-electron chi connectivity index (χ2n) is 9.95. The fraction of sp³-hybridized carbons (Fsp3) is 0.333. The number of alkyl halides is 1. The van der Waals surface area contributed by atoms with Crippen LogP contribution < -0.4 is 5.32 Å². The SMILES string of the molecule is Cc1cc(C#Cc2ccccc2)cnc1NC(=O)c1c(Cl)cnn1CC1(F)CN(C(=O)OC(C)(C)C)C1. The summed E-state index contributed by atoms with van der Waals surface area (Å²) >= 11 is 6.22. The molecular formula is C27H27ClFN5O3. The molecule has 2 amide bonds. The molecule has 1 aromatic carbocycles. The maximum atomic E-state index is 15.3. The van der Waals surface area contributed by atoms with Crippen LogP contribution in [0, 0.1) is 18.8 Å². The molecule has 8 nitrogen and oxygen atoms in total. The average molecular weight is 524 g/mol. The van der Waals surface area contributed by atoms with Crippen LogP contribution >= 0.6 is 11.6 Å². The molecule has 37 heavy (non-hydrogen) atoms. The molecule has 3 aromatic rings. The van der Waals surface area contributed by atoms with E-state index in [1.165, 1.54) is 15.8 Å². The van der Waals surface area contributed by atoms with Crippen molar-refractivity contribution in [2.45, 2.75) is 45.5 Å². The number of hydrogen-bond acceptors (Lipinski definition) is 5. The molecule has 0 spiro atoms. The first-order valence-electron chi connectivity index (χ1n) is 11.7. The zero-order chi connectivity index (χ0) is 26.8. The molecular weight excluding hydrogens is 497 g/mol. The Kier molecular flexibility index (Phi) is 7.23. The number of halogens is 2. The van der Waals surface area contributed by atoms with Crippen LogP contribution in [-0.4, -0.2) is 56.0 Å². The zero-order valence-corrected chi connectivity index (χ0v) is 21.8. The summed E-state index contributed by atoms with van der Waals surface area (Å²) < 4.78 is 21.8. The van der Waals surface area contributed by atoms with Crippen LogP contribution in [0.1, 0.15) is 48.0 Å². The van der Waals surface area contributed by atoms with Crippen molar-refractivity contribution in [2.75, 3.05) is 18.4 Å². The highest BCUT2D eigenvalue weighted by Crippen LogP contribution is 2.30. The molecule has 1 saturated heterocycles. The van der Waals surface area contributed by atoms with Crippen molar-refractivity contribution in [2.24, 2.45) is 0 Å². The lowest BCUT2D eigenvalue weighted by Crippen LogP contribution is -2.63. The summed E-state index contributed by atoms with van der Waals surface area (Å²) in [5.74, 6) is 5.87. The summed E-state index contributed by atoms with van der Waals surface area (Å²) in [5.41, 5.74) is -0.166. The number of carbonyl (C=O) groups is 2. The van der Waals surface area contributed by atoms with E-state index < -0.39 is 23.3 Å². The van der Waals surface area contributed by atoms with E-state index in [0.717, 1.165) is 5.56 Å². The molecule has 0 atom stereocenters. The van der Waals surface area contributed by atoms with Crippen molar-refractivity contribution < 1.29 is 18.7 Å². The first kappa shape index (κ1) is 26.2. The number of nitrogens with one attached hydrogen (secondary N) is 1. The topological polar surface area (TPSA) is 89.4 Å². The van der Waals surface area contributed by atoms with E-state index in [2.05, 4.69) is 27.2 Å². The second kappa shape index (κ2) is 10.2. The van der Waals surface area contributed by atoms with Gasteiger partial charge in [-0.3, -0.25) is 9.48 Å². The van der Waals surface area contributed by atoms with Crippen molar-refractivity contribution in [3.8, 4) is 11.8 Å². The Balaban J connectivity index is 1.42. The molecule has 2 aromatic heterocycles. The number of carbonyl (C=O) groups excluding carboxylic acids is 2. The second-order valence-corrected chi connectivity index (χ2v) is 10.4. The fourth-order valence-electron chi connectivity index (χ4n) is 3.78. The quantitative estimate of drug-likeness (QED) is 0.494. The summed E-state index contributed by atoms with van der Waals surface area (Å²) in [4.78, 5) is 30.8. The third-order valence-corrected chi connectivity index (χ3v) is 5.75. The zero-order valence-electron chi connectivity index (χ0n) is 21.0. The summed E-state index contributed by atoms with van der Waals surface area (Å²) in [5, 5.41) is 6.87. The van der Waals surface area contributed by atoms with Gasteiger partial charge in [0.15, 0.2) is 5.67 Å². The Morgan fingerprint density at radius 2 is 1.84 bits per heavy atom. The van der Waals surface area contributed by atoms with Crippen LogP contribution in [0.25, 0.3) is 0 Å².